The second-order valence-electron chi connectivity index (χ2n) is 6.05. The molecular weight excluding hydrogens is 346 g/mol. The van der Waals surface area contributed by atoms with Crippen LogP contribution in [0.15, 0.2) is 61.1 Å². The van der Waals surface area contributed by atoms with Crippen molar-refractivity contribution < 1.29 is 0 Å². The van der Waals surface area contributed by atoms with E-state index in [1.807, 2.05) is 30.5 Å². The second-order valence-corrected chi connectivity index (χ2v) is 6.49. The van der Waals surface area contributed by atoms with Crippen LogP contribution in [0.2, 0.25) is 5.02 Å². The number of aromatic nitrogens is 4. The summed E-state index contributed by atoms with van der Waals surface area (Å²) in [5.74, 6) is 0.844. The zero-order valence-corrected chi connectivity index (χ0v) is 15.4. The van der Waals surface area contributed by atoms with Crippen molar-refractivity contribution in [3.05, 3.63) is 71.6 Å². The zero-order chi connectivity index (χ0) is 18.1. The van der Waals surface area contributed by atoms with E-state index in [4.69, 9.17) is 11.6 Å². The van der Waals surface area contributed by atoms with Gasteiger partial charge in [-0.1, -0.05) is 29.8 Å². The Balaban J connectivity index is 1.87. The Morgan fingerprint density at radius 2 is 1.92 bits per heavy atom. The summed E-state index contributed by atoms with van der Waals surface area (Å²) < 4.78 is 1.79. The molecule has 2 aromatic carbocycles. The normalized spacial score (nSPS) is 11.0. The number of halogens is 1. The maximum atomic E-state index is 6.13. The molecule has 6 heteroatoms. The van der Waals surface area contributed by atoms with Gasteiger partial charge in [-0.2, -0.15) is 5.10 Å². The molecule has 26 heavy (non-hydrogen) atoms. The van der Waals surface area contributed by atoms with E-state index in [1.165, 1.54) is 5.56 Å². The molecule has 0 amide bonds. The lowest BCUT2D eigenvalue weighted by Gasteiger charge is -2.22. The molecule has 0 saturated carbocycles. The number of benzene rings is 2. The van der Waals surface area contributed by atoms with Gasteiger partial charge in [-0.25, -0.2) is 14.6 Å². The third kappa shape index (κ3) is 2.91. The summed E-state index contributed by atoms with van der Waals surface area (Å²) in [6, 6.07) is 16.0. The SMILES string of the molecule is CCN(c1cccc(C)c1)c1ncnc2c1cnn2-c1cccc(Cl)c1. The number of nitrogens with zero attached hydrogens (tertiary/aromatic N) is 5. The summed E-state index contributed by atoms with van der Waals surface area (Å²) in [4.78, 5) is 11.2. The monoisotopic (exact) mass is 363 g/mol. The first-order chi connectivity index (χ1) is 12.7. The minimum absolute atomic E-state index is 0.662. The van der Waals surface area contributed by atoms with E-state index < -0.39 is 0 Å². The summed E-state index contributed by atoms with van der Waals surface area (Å²) in [6.45, 7) is 4.99. The molecule has 0 aliphatic carbocycles. The molecule has 130 valence electrons. The number of hydrogen-bond acceptors (Lipinski definition) is 4. The second kappa shape index (κ2) is 6.77. The minimum Gasteiger partial charge on any atom is -0.326 e. The first-order valence-electron chi connectivity index (χ1n) is 8.46. The summed E-state index contributed by atoms with van der Waals surface area (Å²) in [6.07, 6.45) is 3.39. The lowest BCUT2D eigenvalue weighted by molar-refractivity contribution is 0.894. The van der Waals surface area contributed by atoms with Crippen LogP contribution < -0.4 is 4.90 Å². The fraction of sp³-hybridized carbons (Fsp3) is 0.150. The Hall–Kier alpha value is -2.92. The fourth-order valence-electron chi connectivity index (χ4n) is 3.09. The summed E-state index contributed by atoms with van der Waals surface area (Å²) in [7, 11) is 0. The molecule has 0 saturated heterocycles. The van der Waals surface area contributed by atoms with Gasteiger partial charge in [0.05, 0.1) is 17.3 Å². The van der Waals surface area contributed by atoms with Crippen LogP contribution >= 0.6 is 11.6 Å². The molecule has 0 aliphatic heterocycles. The van der Waals surface area contributed by atoms with Crippen LogP contribution in [-0.2, 0) is 0 Å². The number of rotatable bonds is 4. The molecule has 0 atom stereocenters. The fourth-order valence-corrected chi connectivity index (χ4v) is 3.28. The van der Waals surface area contributed by atoms with Gasteiger partial charge in [0.2, 0.25) is 0 Å². The van der Waals surface area contributed by atoms with Crippen LogP contribution in [0.3, 0.4) is 0 Å². The number of anilines is 2. The van der Waals surface area contributed by atoms with Gasteiger partial charge < -0.3 is 4.90 Å². The van der Waals surface area contributed by atoms with Crippen molar-refractivity contribution in [1.82, 2.24) is 19.7 Å². The summed E-state index contributed by atoms with van der Waals surface area (Å²) in [5, 5.41) is 6.09. The summed E-state index contributed by atoms with van der Waals surface area (Å²) >= 11 is 6.13. The molecule has 0 aliphatic rings. The van der Waals surface area contributed by atoms with E-state index >= 15 is 0 Å². The van der Waals surface area contributed by atoms with Gasteiger partial charge in [0.1, 0.15) is 12.1 Å². The molecule has 0 unspecified atom stereocenters. The van der Waals surface area contributed by atoms with E-state index in [0.717, 1.165) is 34.8 Å². The van der Waals surface area contributed by atoms with Crippen molar-refractivity contribution in [2.24, 2.45) is 0 Å². The Kier molecular flexibility index (Phi) is 4.31. The maximum absolute atomic E-state index is 6.13. The quantitative estimate of drug-likeness (QED) is 0.515. The topological polar surface area (TPSA) is 46.8 Å². The molecule has 0 N–H and O–H groups in total. The van der Waals surface area contributed by atoms with E-state index in [-0.39, 0.29) is 0 Å². The molecule has 0 radical (unpaired) electrons. The Labute approximate surface area is 156 Å². The Bertz CT molecular complexity index is 1070. The van der Waals surface area contributed by atoms with Crippen molar-refractivity contribution >= 4 is 34.1 Å². The van der Waals surface area contributed by atoms with Gasteiger partial charge in [0.15, 0.2) is 5.65 Å². The molecule has 0 fully saturated rings. The molecule has 2 heterocycles. The molecule has 0 bridgehead atoms. The Morgan fingerprint density at radius 1 is 1.08 bits per heavy atom. The van der Waals surface area contributed by atoms with Crippen LogP contribution in [0.1, 0.15) is 12.5 Å². The van der Waals surface area contributed by atoms with Crippen molar-refractivity contribution in [2.45, 2.75) is 13.8 Å². The number of hydrogen-bond donors (Lipinski definition) is 0. The molecule has 4 aromatic rings. The van der Waals surface area contributed by atoms with Crippen molar-refractivity contribution in [3.63, 3.8) is 0 Å². The third-order valence-electron chi connectivity index (χ3n) is 4.28. The van der Waals surface area contributed by atoms with Crippen molar-refractivity contribution in [2.75, 3.05) is 11.4 Å². The summed E-state index contributed by atoms with van der Waals surface area (Å²) in [5.41, 5.74) is 3.93. The van der Waals surface area contributed by atoms with Crippen LogP contribution in [0, 0.1) is 6.92 Å². The van der Waals surface area contributed by atoms with Crippen LogP contribution in [0.25, 0.3) is 16.7 Å². The smallest absolute Gasteiger partial charge is 0.168 e. The molecular formula is C20H18ClN5. The standard InChI is InChI=1S/C20H18ClN5/c1-3-25(16-8-4-6-14(2)10-16)19-18-12-24-26(20(18)23-13-22-19)17-9-5-7-15(21)11-17/h4-13H,3H2,1-2H3. The first kappa shape index (κ1) is 16.5. The maximum Gasteiger partial charge on any atom is 0.168 e. The van der Waals surface area contributed by atoms with Crippen LogP contribution in [-0.4, -0.2) is 26.3 Å². The highest BCUT2D eigenvalue weighted by molar-refractivity contribution is 6.30. The third-order valence-corrected chi connectivity index (χ3v) is 4.52. The van der Waals surface area contributed by atoms with Gasteiger partial charge >= 0.3 is 0 Å². The molecule has 2 aromatic heterocycles. The average molecular weight is 364 g/mol. The highest BCUT2D eigenvalue weighted by atomic mass is 35.5. The predicted molar refractivity (Wildman–Crippen MR) is 106 cm³/mol. The lowest BCUT2D eigenvalue weighted by Crippen LogP contribution is -2.18. The number of aryl methyl sites for hydroxylation is 1. The average Bonchev–Trinajstić information content (AvgIpc) is 3.07. The van der Waals surface area contributed by atoms with Gasteiger partial charge in [-0.05, 0) is 49.7 Å². The molecule has 4 rings (SSSR count). The van der Waals surface area contributed by atoms with Crippen molar-refractivity contribution in [3.8, 4) is 5.69 Å². The number of fused-ring (bicyclic) bond motifs is 1. The largest absolute Gasteiger partial charge is 0.326 e. The van der Waals surface area contributed by atoms with Gasteiger partial charge in [0.25, 0.3) is 0 Å². The zero-order valence-electron chi connectivity index (χ0n) is 14.6. The minimum atomic E-state index is 0.662. The predicted octanol–water partition coefficient (Wildman–Crippen LogP) is 4.94. The van der Waals surface area contributed by atoms with Crippen molar-refractivity contribution in [1.29, 1.82) is 0 Å². The van der Waals surface area contributed by atoms with E-state index in [1.54, 1.807) is 11.0 Å². The van der Waals surface area contributed by atoms with E-state index in [9.17, 15) is 0 Å². The molecule has 0 spiro atoms. The van der Waals surface area contributed by atoms with Gasteiger partial charge in [-0.3, -0.25) is 0 Å². The van der Waals surface area contributed by atoms with E-state index in [2.05, 4.69) is 58.1 Å². The molecule has 5 nitrogen and oxygen atoms in total. The van der Waals surface area contributed by atoms with Gasteiger partial charge in [0, 0.05) is 17.3 Å². The highest BCUT2D eigenvalue weighted by Crippen LogP contribution is 2.30. The highest BCUT2D eigenvalue weighted by Gasteiger charge is 2.17. The lowest BCUT2D eigenvalue weighted by atomic mass is 10.2. The first-order valence-corrected chi connectivity index (χ1v) is 8.84. The Morgan fingerprint density at radius 3 is 2.69 bits per heavy atom. The van der Waals surface area contributed by atoms with Crippen LogP contribution in [0.4, 0.5) is 11.5 Å². The van der Waals surface area contributed by atoms with E-state index in [0.29, 0.717) is 5.02 Å². The van der Waals surface area contributed by atoms with Crippen LogP contribution in [0.5, 0.6) is 0 Å². The van der Waals surface area contributed by atoms with Gasteiger partial charge in [-0.15, -0.1) is 0 Å².